The topological polar surface area (TPSA) is 0 Å². The van der Waals surface area contributed by atoms with Crippen molar-refractivity contribution in [3.63, 3.8) is 0 Å². The molecule has 0 atom stereocenters. The predicted octanol–water partition coefficient (Wildman–Crippen LogP) is 8.34. The van der Waals surface area contributed by atoms with Crippen LogP contribution in [0.25, 0.3) is 22.3 Å². The Hall–Kier alpha value is -1.61. The van der Waals surface area contributed by atoms with Crippen LogP contribution in [0.4, 0.5) is 0 Å². The molecule has 6 rings (SSSR count). The molecule has 0 radical (unpaired) electrons. The van der Waals surface area contributed by atoms with Gasteiger partial charge in [0.25, 0.3) is 0 Å². The molecule has 0 saturated carbocycles. The summed E-state index contributed by atoms with van der Waals surface area (Å²) in [5.74, 6) is 0. The summed E-state index contributed by atoms with van der Waals surface area (Å²) in [6.45, 7) is 14.3. The summed E-state index contributed by atoms with van der Waals surface area (Å²) in [7, 11) is 1.86. The van der Waals surface area contributed by atoms with E-state index in [9.17, 15) is 0 Å². The summed E-state index contributed by atoms with van der Waals surface area (Å²) in [6, 6.07) is 32.2. The van der Waals surface area contributed by atoms with Crippen molar-refractivity contribution in [1.82, 2.24) is 0 Å². The van der Waals surface area contributed by atoms with Crippen LogP contribution in [0.3, 0.4) is 0 Å². The van der Waals surface area contributed by atoms with Crippen molar-refractivity contribution in [3.8, 4) is 22.3 Å². The molecule has 0 aromatic heterocycles. The zero-order chi connectivity index (χ0) is 25.1. The van der Waals surface area contributed by atoms with Gasteiger partial charge in [-0.2, -0.15) is 61.4 Å². The average Bonchev–Trinajstić information content (AvgIpc) is 3.49. The van der Waals surface area contributed by atoms with Crippen molar-refractivity contribution >= 4 is 32.4 Å². The van der Waals surface area contributed by atoms with E-state index in [2.05, 4.69) is 100 Å². The molecule has 4 heteroatoms. The first-order valence-electron chi connectivity index (χ1n) is 11.7. The van der Waals surface area contributed by atoms with Crippen LogP contribution in [-0.2, 0) is 32.0 Å². The monoisotopic (exact) mass is 566 g/mol. The zero-order valence-corrected chi connectivity index (χ0v) is 26.4. The van der Waals surface area contributed by atoms with E-state index in [0.717, 1.165) is 12.8 Å². The number of hydrogen-bond acceptors (Lipinski definition) is 0. The number of hydrogen-bond donors (Lipinski definition) is 0. The second-order valence-electron chi connectivity index (χ2n) is 7.66. The summed E-state index contributed by atoms with van der Waals surface area (Å²) >= 11 is 2.03. The van der Waals surface area contributed by atoms with E-state index in [0.29, 0.717) is 0 Å². The van der Waals surface area contributed by atoms with Crippen molar-refractivity contribution in [2.24, 2.45) is 0 Å². The number of rotatable bonds is 0. The van der Waals surface area contributed by atoms with Gasteiger partial charge >= 0.3 is 26.8 Å². The van der Waals surface area contributed by atoms with Gasteiger partial charge in [0.15, 0.2) is 0 Å². The number of fused-ring (bicyclic) bond motifs is 6. The van der Waals surface area contributed by atoms with Crippen molar-refractivity contribution < 1.29 is 19.2 Å². The molecule has 0 bridgehead atoms. The molecule has 0 saturated heterocycles. The molecule has 0 N–H and O–H groups in total. The Morgan fingerprint density at radius 2 is 0.917 bits per heavy atom. The van der Waals surface area contributed by atoms with Gasteiger partial charge in [-0.25, -0.2) is 0 Å². The van der Waals surface area contributed by atoms with Gasteiger partial charge in [-0.05, 0) is 35.1 Å². The van der Waals surface area contributed by atoms with Crippen LogP contribution in [0.2, 0.25) is 0 Å². The van der Waals surface area contributed by atoms with Crippen molar-refractivity contribution in [2.75, 3.05) is 0 Å². The fourth-order valence-corrected chi connectivity index (χ4v) is 4.50. The maximum absolute atomic E-state index is 3.27. The van der Waals surface area contributed by atoms with Crippen LogP contribution in [0.1, 0.15) is 47.2 Å². The van der Waals surface area contributed by atoms with Crippen molar-refractivity contribution in [3.05, 3.63) is 132 Å². The Kier molecular flexibility index (Phi) is 17.0. The third-order valence-electron chi connectivity index (χ3n) is 6.00. The Morgan fingerprint density at radius 1 is 0.583 bits per heavy atom. The molecule has 0 fully saturated rings. The standard InChI is InChI=1S/2C14H11.2C2H5.2ClH.H2Si.Ti/c2*1-10-5-4-8-13-12-7-3-2-6-11(12)9-14(10)13;2*1-2;;;;/h2*2-4,6-8H,9H2,1H3;2*1H2,2H3;2*1H;1H2;/q4*-1;;;;. The Morgan fingerprint density at radius 3 is 1.28 bits per heavy atom. The van der Waals surface area contributed by atoms with E-state index < -0.39 is 0 Å². The van der Waals surface area contributed by atoms with Crippen molar-refractivity contribution in [1.29, 1.82) is 0 Å². The minimum absolute atomic E-state index is 0. The average molecular weight is 567 g/mol. The van der Waals surface area contributed by atoms with Crippen LogP contribution < -0.4 is 0 Å². The number of aryl methyl sites for hydroxylation is 2. The second-order valence-corrected chi connectivity index (χ2v) is 7.66. The molecule has 0 unspecified atom stereocenters. The van der Waals surface area contributed by atoms with Gasteiger partial charge in [0.2, 0.25) is 0 Å². The summed E-state index contributed by atoms with van der Waals surface area (Å²) < 4.78 is 0. The van der Waals surface area contributed by atoms with E-state index in [1.54, 1.807) is 13.8 Å². The normalized spacial score (nSPS) is 10.0. The summed E-state index contributed by atoms with van der Waals surface area (Å²) in [4.78, 5) is 0. The first-order chi connectivity index (χ1) is 16.7. The van der Waals surface area contributed by atoms with Gasteiger partial charge < -0.3 is 13.8 Å². The molecule has 4 aromatic carbocycles. The molecule has 190 valence electrons. The third kappa shape index (κ3) is 7.70. The molecule has 2 aliphatic rings. The van der Waals surface area contributed by atoms with Crippen molar-refractivity contribution in [2.45, 2.75) is 40.5 Å². The van der Waals surface area contributed by atoms with Gasteiger partial charge in [0, 0.05) is 0 Å². The minimum atomic E-state index is 0. The van der Waals surface area contributed by atoms with Gasteiger partial charge in [-0.1, -0.05) is 62.4 Å². The Bertz CT molecular complexity index is 1130. The van der Waals surface area contributed by atoms with E-state index >= 15 is 0 Å². The summed E-state index contributed by atoms with van der Waals surface area (Å²) in [6.07, 6.45) is 2.16. The van der Waals surface area contributed by atoms with E-state index in [4.69, 9.17) is 0 Å². The molecule has 0 heterocycles. The van der Waals surface area contributed by atoms with Gasteiger partial charge in [0.05, 0.1) is 0 Å². The quantitative estimate of drug-likeness (QED) is 0.128. The Balaban J connectivity index is 0.000000540. The first-order valence-corrected chi connectivity index (χ1v) is 15.7. The molecule has 2 aliphatic carbocycles. The Labute approximate surface area is 245 Å². The zero-order valence-electron chi connectivity index (χ0n) is 21.8. The van der Waals surface area contributed by atoms with Gasteiger partial charge in [-0.3, -0.25) is 0 Å². The molecule has 0 nitrogen and oxygen atoms in total. The molecule has 0 amide bonds. The molecular formula is C32H36Cl2SiTi-4. The first kappa shape index (κ1) is 34.4. The third-order valence-corrected chi connectivity index (χ3v) is 6.00. The van der Waals surface area contributed by atoms with Crippen LogP contribution in [0, 0.1) is 39.8 Å². The number of benzene rings is 4. The van der Waals surface area contributed by atoms with Crippen LogP contribution >= 0.6 is 24.8 Å². The predicted molar refractivity (Wildman–Crippen MR) is 162 cm³/mol. The van der Waals surface area contributed by atoms with Gasteiger partial charge in [-0.15, -0.1) is 47.1 Å². The second kappa shape index (κ2) is 17.8. The van der Waals surface area contributed by atoms with Crippen LogP contribution in [0.5, 0.6) is 0 Å². The molecule has 4 aromatic rings. The maximum atomic E-state index is 3.27. The fraction of sp³-hybridized carbons (Fsp3) is 0.188. The van der Waals surface area contributed by atoms with E-state index in [-0.39, 0.29) is 24.8 Å². The number of halogens is 2. The molecule has 36 heavy (non-hydrogen) atoms. The molecule has 0 spiro atoms. The van der Waals surface area contributed by atoms with Crippen LogP contribution in [0.15, 0.2) is 72.8 Å². The molecular weight excluding hydrogens is 531 g/mol. The van der Waals surface area contributed by atoms with Gasteiger partial charge in [0.1, 0.15) is 0 Å². The van der Waals surface area contributed by atoms with E-state index in [1.807, 2.05) is 38.9 Å². The SMILES string of the molecule is Cc1[c-]ccc2c1Cc1ccccc1-2.Cc1[c-]ccc2c1Cc1ccccc1-2.Cl.Cl.[CH2-]C.[CH2-]C.[SiH2]=[Ti]. The van der Waals surface area contributed by atoms with E-state index in [1.165, 1.54) is 55.6 Å². The summed E-state index contributed by atoms with van der Waals surface area (Å²) in [5, 5.41) is 0. The fourth-order valence-electron chi connectivity index (χ4n) is 4.50. The van der Waals surface area contributed by atoms with Crippen LogP contribution in [-0.4, -0.2) is 7.63 Å². The summed E-state index contributed by atoms with van der Waals surface area (Å²) in [5.41, 5.74) is 14.0. The molecule has 0 aliphatic heterocycles.